The number of anilines is 2. The lowest BCUT2D eigenvalue weighted by atomic mass is 10.2. The summed E-state index contributed by atoms with van der Waals surface area (Å²) in [6.45, 7) is 0.167. The molecule has 0 amide bonds. The van der Waals surface area contributed by atoms with Crippen molar-refractivity contribution in [2.45, 2.75) is 6.54 Å². The van der Waals surface area contributed by atoms with Gasteiger partial charge < -0.3 is 9.73 Å². The van der Waals surface area contributed by atoms with Gasteiger partial charge in [-0.05, 0) is 24.3 Å². The summed E-state index contributed by atoms with van der Waals surface area (Å²) in [5.74, 6) is 0.326. The van der Waals surface area contributed by atoms with Crippen molar-refractivity contribution in [2.24, 2.45) is 0 Å². The van der Waals surface area contributed by atoms with Crippen LogP contribution in [0.5, 0.6) is 0 Å². The fourth-order valence-corrected chi connectivity index (χ4v) is 2.38. The van der Waals surface area contributed by atoms with Gasteiger partial charge in [0.05, 0.1) is 17.2 Å². The molecule has 2 heterocycles. The van der Waals surface area contributed by atoms with Gasteiger partial charge in [0.2, 0.25) is 5.89 Å². The number of fused-ring (bicyclic) bond motifs is 1. The average Bonchev–Trinajstić information content (AvgIpc) is 3.05. The zero-order chi connectivity index (χ0) is 16.4. The smallest absolute Gasteiger partial charge is 0.320 e. The summed E-state index contributed by atoms with van der Waals surface area (Å²) in [7, 11) is 0. The van der Waals surface area contributed by atoms with Crippen LogP contribution in [0.1, 0.15) is 5.89 Å². The molecular formula is C17H13N5O2. The van der Waals surface area contributed by atoms with E-state index in [1.165, 1.54) is 10.9 Å². The number of benzene rings is 2. The highest BCUT2D eigenvalue weighted by Gasteiger charge is 2.09. The van der Waals surface area contributed by atoms with E-state index in [1.807, 2.05) is 42.5 Å². The molecule has 0 aliphatic heterocycles. The van der Waals surface area contributed by atoms with E-state index in [0.29, 0.717) is 16.8 Å². The van der Waals surface area contributed by atoms with Crippen molar-refractivity contribution in [2.75, 3.05) is 5.32 Å². The van der Waals surface area contributed by atoms with Crippen LogP contribution < -0.4 is 10.9 Å². The Balaban J connectivity index is 1.58. The molecule has 7 heteroatoms. The van der Waals surface area contributed by atoms with E-state index < -0.39 is 0 Å². The Morgan fingerprint density at radius 1 is 1.00 bits per heavy atom. The van der Waals surface area contributed by atoms with E-state index in [-0.39, 0.29) is 18.1 Å². The van der Waals surface area contributed by atoms with Crippen molar-refractivity contribution in [3.05, 3.63) is 77.2 Å². The number of para-hydroxylation sites is 2. The van der Waals surface area contributed by atoms with Crippen molar-refractivity contribution >= 4 is 22.6 Å². The molecular weight excluding hydrogens is 306 g/mol. The van der Waals surface area contributed by atoms with E-state index in [2.05, 4.69) is 20.5 Å². The van der Waals surface area contributed by atoms with Gasteiger partial charge in [0, 0.05) is 5.69 Å². The summed E-state index contributed by atoms with van der Waals surface area (Å²) in [4.78, 5) is 16.7. The summed E-state index contributed by atoms with van der Waals surface area (Å²) in [6, 6.07) is 17.0. The third kappa shape index (κ3) is 2.74. The zero-order valence-corrected chi connectivity index (χ0v) is 12.6. The van der Waals surface area contributed by atoms with Crippen LogP contribution in [-0.4, -0.2) is 19.7 Å². The highest BCUT2D eigenvalue weighted by Crippen LogP contribution is 2.14. The standard InChI is InChI=1S/C17H13N5O2/c23-16-13-8-4-5-9-14(13)18-11-22(16)10-15-20-21-17(24-15)19-12-6-2-1-3-7-12/h1-9,11H,10H2,(H,19,21). The lowest BCUT2D eigenvalue weighted by Gasteiger charge is -2.03. The fraction of sp³-hybridized carbons (Fsp3) is 0.0588. The maximum atomic E-state index is 12.4. The highest BCUT2D eigenvalue weighted by atomic mass is 16.4. The second-order valence-corrected chi connectivity index (χ2v) is 5.19. The van der Waals surface area contributed by atoms with Crippen LogP contribution in [0.2, 0.25) is 0 Å². The van der Waals surface area contributed by atoms with Crippen LogP contribution in [0.25, 0.3) is 10.9 Å². The molecule has 0 spiro atoms. The molecule has 0 bridgehead atoms. The predicted octanol–water partition coefficient (Wildman–Crippen LogP) is 2.57. The first-order valence-electron chi connectivity index (χ1n) is 7.38. The number of rotatable bonds is 4. The minimum absolute atomic E-state index is 0.142. The van der Waals surface area contributed by atoms with Gasteiger partial charge >= 0.3 is 6.01 Å². The maximum absolute atomic E-state index is 12.4. The van der Waals surface area contributed by atoms with E-state index in [0.717, 1.165) is 5.69 Å². The molecule has 0 aliphatic rings. The summed E-state index contributed by atoms with van der Waals surface area (Å²) in [5, 5.41) is 11.5. The van der Waals surface area contributed by atoms with Gasteiger partial charge in [-0.25, -0.2) is 4.98 Å². The van der Waals surface area contributed by atoms with Gasteiger partial charge in [-0.3, -0.25) is 9.36 Å². The van der Waals surface area contributed by atoms with Gasteiger partial charge in [0.1, 0.15) is 6.54 Å². The first kappa shape index (κ1) is 14.1. The number of hydrogen-bond donors (Lipinski definition) is 1. The van der Waals surface area contributed by atoms with Gasteiger partial charge in [-0.15, -0.1) is 5.10 Å². The molecule has 4 aromatic rings. The van der Waals surface area contributed by atoms with Crippen molar-refractivity contribution in [1.29, 1.82) is 0 Å². The second-order valence-electron chi connectivity index (χ2n) is 5.19. The largest absolute Gasteiger partial charge is 0.406 e. The van der Waals surface area contributed by atoms with Crippen molar-refractivity contribution < 1.29 is 4.42 Å². The Labute approximate surface area is 136 Å². The van der Waals surface area contributed by atoms with Crippen LogP contribution >= 0.6 is 0 Å². The van der Waals surface area contributed by atoms with Crippen LogP contribution in [0.15, 0.2) is 70.1 Å². The SMILES string of the molecule is O=c1c2ccccc2ncn1Cc1nnc(Nc2ccccc2)o1. The van der Waals surface area contributed by atoms with Crippen molar-refractivity contribution in [3.63, 3.8) is 0 Å². The number of hydrogen-bond acceptors (Lipinski definition) is 6. The lowest BCUT2D eigenvalue weighted by Crippen LogP contribution is -2.21. The molecule has 118 valence electrons. The summed E-state index contributed by atoms with van der Waals surface area (Å²) in [6.07, 6.45) is 1.49. The van der Waals surface area contributed by atoms with Gasteiger partial charge in [0.15, 0.2) is 0 Å². The zero-order valence-electron chi connectivity index (χ0n) is 12.6. The summed E-state index contributed by atoms with van der Waals surface area (Å²) < 4.78 is 6.98. The monoisotopic (exact) mass is 319 g/mol. The first-order chi connectivity index (χ1) is 11.8. The van der Waals surface area contributed by atoms with Crippen LogP contribution in [0.4, 0.5) is 11.7 Å². The Bertz CT molecular complexity index is 1040. The quantitative estimate of drug-likeness (QED) is 0.622. The predicted molar refractivity (Wildman–Crippen MR) is 89.1 cm³/mol. The maximum Gasteiger partial charge on any atom is 0.320 e. The van der Waals surface area contributed by atoms with E-state index >= 15 is 0 Å². The molecule has 0 saturated heterocycles. The molecule has 1 N–H and O–H groups in total. The highest BCUT2D eigenvalue weighted by molar-refractivity contribution is 5.76. The third-order valence-corrected chi connectivity index (χ3v) is 3.53. The van der Waals surface area contributed by atoms with Crippen LogP contribution in [0.3, 0.4) is 0 Å². The Morgan fingerprint density at radius 2 is 1.79 bits per heavy atom. The second kappa shape index (κ2) is 5.96. The number of aromatic nitrogens is 4. The molecule has 7 nitrogen and oxygen atoms in total. The van der Waals surface area contributed by atoms with Crippen molar-refractivity contribution in [1.82, 2.24) is 19.7 Å². The Kier molecular flexibility index (Phi) is 3.51. The van der Waals surface area contributed by atoms with E-state index in [4.69, 9.17) is 4.42 Å². The normalized spacial score (nSPS) is 10.8. The number of nitrogens with zero attached hydrogens (tertiary/aromatic N) is 4. The fourth-order valence-electron chi connectivity index (χ4n) is 2.38. The van der Waals surface area contributed by atoms with E-state index in [1.54, 1.807) is 12.1 Å². The molecule has 0 aliphatic carbocycles. The lowest BCUT2D eigenvalue weighted by molar-refractivity contribution is 0.486. The summed E-state index contributed by atoms with van der Waals surface area (Å²) >= 11 is 0. The molecule has 0 saturated carbocycles. The third-order valence-electron chi connectivity index (χ3n) is 3.53. The van der Waals surface area contributed by atoms with Crippen molar-refractivity contribution in [3.8, 4) is 0 Å². The molecule has 24 heavy (non-hydrogen) atoms. The minimum atomic E-state index is -0.142. The molecule has 0 fully saturated rings. The van der Waals surface area contributed by atoms with Crippen LogP contribution in [-0.2, 0) is 6.54 Å². The van der Waals surface area contributed by atoms with Crippen LogP contribution in [0, 0.1) is 0 Å². The minimum Gasteiger partial charge on any atom is -0.406 e. The number of nitrogens with one attached hydrogen (secondary N) is 1. The van der Waals surface area contributed by atoms with Gasteiger partial charge in [-0.1, -0.05) is 35.4 Å². The molecule has 0 atom stereocenters. The average molecular weight is 319 g/mol. The Morgan fingerprint density at radius 3 is 2.67 bits per heavy atom. The van der Waals surface area contributed by atoms with Gasteiger partial charge in [-0.2, -0.15) is 0 Å². The first-order valence-corrected chi connectivity index (χ1v) is 7.38. The topological polar surface area (TPSA) is 85.8 Å². The molecule has 0 unspecified atom stereocenters. The molecule has 2 aromatic carbocycles. The van der Waals surface area contributed by atoms with Gasteiger partial charge in [0.25, 0.3) is 5.56 Å². The summed E-state index contributed by atoms with van der Waals surface area (Å²) in [5.41, 5.74) is 1.37. The van der Waals surface area contributed by atoms with E-state index in [9.17, 15) is 4.79 Å². The Hall–Kier alpha value is -3.48. The molecule has 0 radical (unpaired) electrons. The molecule has 4 rings (SSSR count). The molecule has 2 aromatic heterocycles.